The van der Waals surface area contributed by atoms with Gasteiger partial charge in [0.1, 0.15) is 6.04 Å². The number of aryl methyl sites for hydroxylation is 1. The van der Waals surface area contributed by atoms with Gasteiger partial charge in [-0.25, -0.2) is 0 Å². The Kier molecular flexibility index (Phi) is 5.50. The highest BCUT2D eigenvalue weighted by atomic mass is 16.5. The minimum atomic E-state index is -0.674. The monoisotopic (exact) mass is 268 g/mol. The Morgan fingerprint density at radius 2 is 2.32 bits per heavy atom. The molecule has 1 rings (SSSR count). The lowest BCUT2D eigenvalue weighted by atomic mass is 9.89. The van der Waals surface area contributed by atoms with E-state index in [-0.39, 0.29) is 11.3 Å². The fourth-order valence-electron chi connectivity index (χ4n) is 1.66. The average molecular weight is 268 g/mol. The van der Waals surface area contributed by atoms with Gasteiger partial charge in [0, 0.05) is 39.1 Å². The Labute approximate surface area is 114 Å². The first kappa shape index (κ1) is 15.7. The summed E-state index contributed by atoms with van der Waals surface area (Å²) >= 11 is 0. The first-order valence-corrected chi connectivity index (χ1v) is 6.36. The number of hydrogen-bond acceptors (Lipinski definition) is 4. The van der Waals surface area contributed by atoms with Gasteiger partial charge in [0.15, 0.2) is 0 Å². The Morgan fingerprint density at radius 3 is 2.84 bits per heavy atom. The van der Waals surface area contributed by atoms with Crippen LogP contribution in [0.2, 0.25) is 0 Å². The molecule has 1 amide bonds. The molecule has 1 heterocycles. The van der Waals surface area contributed by atoms with E-state index < -0.39 is 6.04 Å². The molecular formula is C13H24N4O2. The highest BCUT2D eigenvalue weighted by molar-refractivity contribution is 5.82. The van der Waals surface area contributed by atoms with Crippen molar-refractivity contribution >= 4 is 5.91 Å². The van der Waals surface area contributed by atoms with Crippen LogP contribution in [0.25, 0.3) is 0 Å². The second-order valence-corrected chi connectivity index (χ2v) is 5.55. The summed E-state index contributed by atoms with van der Waals surface area (Å²) < 4.78 is 6.69. The van der Waals surface area contributed by atoms with Crippen LogP contribution in [-0.2, 0) is 16.6 Å². The largest absolute Gasteiger partial charge is 0.385 e. The molecule has 6 heteroatoms. The maximum atomic E-state index is 12.0. The molecule has 6 nitrogen and oxygen atoms in total. The predicted octanol–water partition coefficient (Wildman–Crippen LogP) is 0.599. The summed E-state index contributed by atoms with van der Waals surface area (Å²) in [4.78, 5) is 12.0. The number of carbonyl (C=O) groups is 1. The number of methoxy groups -OCH3 is 1. The SMILES string of the molecule is COCCC(C)(C)CNC(=O)C(N)c1cnn(C)c1. The average Bonchev–Trinajstić information content (AvgIpc) is 2.79. The van der Waals surface area contributed by atoms with Crippen LogP contribution in [0.1, 0.15) is 31.9 Å². The Hall–Kier alpha value is -1.40. The topological polar surface area (TPSA) is 82.2 Å². The highest BCUT2D eigenvalue weighted by Gasteiger charge is 2.22. The number of rotatable bonds is 7. The van der Waals surface area contributed by atoms with E-state index in [0.717, 1.165) is 12.0 Å². The molecule has 0 aromatic carbocycles. The van der Waals surface area contributed by atoms with Gasteiger partial charge >= 0.3 is 0 Å². The second kappa shape index (κ2) is 6.68. The smallest absolute Gasteiger partial charge is 0.241 e. The molecule has 1 aromatic heterocycles. The summed E-state index contributed by atoms with van der Waals surface area (Å²) in [5.41, 5.74) is 6.60. The maximum absolute atomic E-state index is 12.0. The van der Waals surface area contributed by atoms with Gasteiger partial charge in [0.05, 0.1) is 6.20 Å². The number of nitrogens with one attached hydrogen (secondary N) is 1. The van der Waals surface area contributed by atoms with Crippen LogP contribution in [-0.4, -0.2) is 35.9 Å². The zero-order valence-corrected chi connectivity index (χ0v) is 12.1. The third-order valence-corrected chi connectivity index (χ3v) is 3.09. The van der Waals surface area contributed by atoms with Crippen molar-refractivity contribution in [1.29, 1.82) is 0 Å². The van der Waals surface area contributed by atoms with Crippen molar-refractivity contribution in [3.05, 3.63) is 18.0 Å². The summed E-state index contributed by atoms with van der Waals surface area (Å²) in [6, 6.07) is -0.674. The van der Waals surface area contributed by atoms with Gasteiger partial charge in [-0.15, -0.1) is 0 Å². The van der Waals surface area contributed by atoms with E-state index in [1.807, 2.05) is 0 Å². The molecule has 1 aromatic rings. The van der Waals surface area contributed by atoms with Gasteiger partial charge in [0.25, 0.3) is 0 Å². The number of aromatic nitrogens is 2. The van der Waals surface area contributed by atoms with Crippen molar-refractivity contribution in [2.45, 2.75) is 26.3 Å². The van der Waals surface area contributed by atoms with Crippen LogP contribution < -0.4 is 11.1 Å². The number of amides is 1. The van der Waals surface area contributed by atoms with Crippen LogP contribution >= 0.6 is 0 Å². The second-order valence-electron chi connectivity index (χ2n) is 5.55. The fourth-order valence-corrected chi connectivity index (χ4v) is 1.66. The molecule has 19 heavy (non-hydrogen) atoms. The molecule has 0 aliphatic heterocycles. The van der Waals surface area contributed by atoms with Gasteiger partial charge in [-0.2, -0.15) is 5.10 Å². The lowest BCUT2D eigenvalue weighted by molar-refractivity contribution is -0.123. The zero-order chi connectivity index (χ0) is 14.5. The molecule has 1 atom stereocenters. The molecule has 0 aliphatic rings. The van der Waals surface area contributed by atoms with Gasteiger partial charge in [-0.05, 0) is 11.8 Å². The molecule has 0 spiro atoms. The fraction of sp³-hybridized carbons (Fsp3) is 0.692. The van der Waals surface area contributed by atoms with Gasteiger partial charge in [-0.1, -0.05) is 13.8 Å². The van der Waals surface area contributed by atoms with Crippen molar-refractivity contribution in [1.82, 2.24) is 15.1 Å². The van der Waals surface area contributed by atoms with Crippen LogP contribution in [0.5, 0.6) is 0 Å². The summed E-state index contributed by atoms with van der Waals surface area (Å²) in [5.74, 6) is -0.182. The number of hydrogen-bond donors (Lipinski definition) is 2. The van der Waals surface area contributed by atoms with E-state index in [9.17, 15) is 4.79 Å². The van der Waals surface area contributed by atoms with Gasteiger partial charge in [0.2, 0.25) is 5.91 Å². The zero-order valence-electron chi connectivity index (χ0n) is 12.1. The molecule has 0 bridgehead atoms. The van der Waals surface area contributed by atoms with E-state index >= 15 is 0 Å². The summed E-state index contributed by atoms with van der Waals surface area (Å²) in [5, 5.41) is 6.89. The van der Waals surface area contributed by atoms with E-state index in [1.165, 1.54) is 0 Å². The summed E-state index contributed by atoms with van der Waals surface area (Å²) in [7, 11) is 3.47. The number of nitrogens with two attached hydrogens (primary N) is 1. The van der Waals surface area contributed by atoms with Gasteiger partial charge in [-0.3, -0.25) is 9.48 Å². The standard InChI is InChI=1S/C13H24N4O2/c1-13(2,5-6-19-4)9-15-12(18)11(14)10-7-16-17(3)8-10/h7-8,11H,5-6,9,14H2,1-4H3,(H,15,18). The first-order chi connectivity index (χ1) is 8.85. The van der Waals surface area contributed by atoms with Crippen LogP contribution in [0.3, 0.4) is 0 Å². The first-order valence-electron chi connectivity index (χ1n) is 6.36. The van der Waals surface area contributed by atoms with Crippen LogP contribution in [0.4, 0.5) is 0 Å². The van der Waals surface area contributed by atoms with E-state index in [1.54, 1.807) is 31.2 Å². The van der Waals surface area contributed by atoms with Crippen molar-refractivity contribution in [2.75, 3.05) is 20.3 Å². The molecule has 1 unspecified atom stereocenters. The van der Waals surface area contributed by atoms with Crippen molar-refractivity contribution in [3.63, 3.8) is 0 Å². The predicted molar refractivity (Wildman–Crippen MR) is 73.4 cm³/mol. The van der Waals surface area contributed by atoms with E-state index in [4.69, 9.17) is 10.5 Å². The number of carbonyl (C=O) groups excluding carboxylic acids is 1. The molecule has 108 valence electrons. The third-order valence-electron chi connectivity index (χ3n) is 3.09. The number of nitrogens with zero attached hydrogens (tertiary/aromatic N) is 2. The molecule has 0 radical (unpaired) electrons. The lowest BCUT2D eigenvalue weighted by Crippen LogP contribution is -2.39. The lowest BCUT2D eigenvalue weighted by Gasteiger charge is -2.25. The summed E-state index contributed by atoms with van der Waals surface area (Å²) in [6.45, 7) is 5.42. The molecule has 3 N–H and O–H groups in total. The van der Waals surface area contributed by atoms with E-state index in [2.05, 4.69) is 24.3 Å². The Morgan fingerprint density at radius 1 is 1.63 bits per heavy atom. The molecule has 0 fully saturated rings. The minimum Gasteiger partial charge on any atom is -0.385 e. The van der Waals surface area contributed by atoms with E-state index in [0.29, 0.717) is 13.2 Å². The molecule has 0 aliphatic carbocycles. The molecule has 0 saturated carbocycles. The third kappa shape index (κ3) is 5.00. The Bertz CT molecular complexity index is 415. The molecular weight excluding hydrogens is 244 g/mol. The highest BCUT2D eigenvalue weighted by Crippen LogP contribution is 2.19. The number of ether oxygens (including phenoxy) is 1. The van der Waals surface area contributed by atoms with Crippen molar-refractivity contribution < 1.29 is 9.53 Å². The quantitative estimate of drug-likeness (QED) is 0.758. The minimum absolute atomic E-state index is 0.0136. The van der Waals surface area contributed by atoms with Crippen LogP contribution in [0.15, 0.2) is 12.4 Å². The Balaban J connectivity index is 2.46. The van der Waals surface area contributed by atoms with Gasteiger partial charge < -0.3 is 15.8 Å². The molecule has 0 saturated heterocycles. The normalized spacial score (nSPS) is 13.3. The van der Waals surface area contributed by atoms with Crippen LogP contribution in [0, 0.1) is 5.41 Å². The van der Waals surface area contributed by atoms with Crippen molar-refractivity contribution in [3.8, 4) is 0 Å². The van der Waals surface area contributed by atoms with Crippen molar-refractivity contribution in [2.24, 2.45) is 18.2 Å². The maximum Gasteiger partial charge on any atom is 0.241 e. The summed E-state index contributed by atoms with van der Waals surface area (Å²) in [6.07, 6.45) is 4.24.